The summed E-state index contributed by atoms with van der Waals surface area (Å²) < 4.78 is 5.53. The maximum Gasteiger partial charge on any atom is 0.0922 e. The molecule has 3 heterocycles. The average molecular weight is 179 g/mol. The molecule has 0 aromatic carbocycles. The molecule has 0 spiro atoms. The molecular weight excluding hydrogens is 166 g/mol. The van der Waals surface area contributed by atoms with Crippen LogP contribution in [0.4, 0.5) is 0 Å². The number of aromatic nitrogens is 2. The predicted molar refractivity (Wildman–Crippen MR) is 47.1 cm³/mol. The molecule has 2 fully saturated rings. The second kappa shape index (κ2) is 2.82. The highest BCUT2D eigenvalue weighted by Crippen LogP contribution is 2.28. The maximum atomic E-state index is 5.53. The van der Waals surface area contributed by atoms with E-state index in [4.69, 9.17) is 4.74 Å². The molecule has 2 atom stereocenters. The fourth-order valence-electron chi connectivity index (χ4n) is 2.26. The van der Waals surface area contributed by atoms with Gasteiger partial charge in [-0.15, -0.1) is 0 Å². The van der Waals surface area contributed by atoms with E-state index in [1.165, 1.54) is 12.1 Å². The zero-order valence-electron chi connectivity index (χ0n) is 7.44. The smallest absolute Gasteiger partial charge is 0.0922 e. The van der Waals surface area contributed by atoms with Gasteiger partial charge >= 0.3 is 0 Å². The SMILES string of the molecule is c1ncc(CN2CC3CC2CO3)[nH]1. The molecule has 3 rings (SSSR count). The average Bonchev–Trinajstić information content (AvgIpc) is 2.77. The summed E-state index contributed by atoms with van der Waals surface area (Å²) in [5.41, 5.74) is 1.20. The van der Waals surface area contributed by atoms with E-state index in [0.29, 0.717) is 12.1 Å². The third kappa shape index (κ3) is 1.26. The van der Waals surface area contributed by atoms with Gasteiger partial charge in [0, 0.05) is 31.0 Å². The van der Waals surface area contributed by atoms with Crippen LogP contribution in [0.3, 0.4) is 0 Å². The number of imidazole rings is 1. The number of nitrogens with one attached hydrogen (secondary N) is 1. The summed E-state index contributed by atoms with van der Waals surface area (Å²) in [6.45, 7) is 2.99. The number of fused-ring (bicyclic) bond motifs is 2. The first-order valence-electron chi connectivity index (χ1n) is 4.75. The highest BCUT2D eigenvalue weighted by atomic mass is 16.5. The second-order valence-electron chi connectivity index (χ2n) is 3.85. The minimum atomic E-state index is 0.493. The standard InChI is InChI=1S/C9H13N3O/c1-8-5-13-9(1)4-12(8)3-7-2-10-6-11-7/h2,6,8-9H,1,3-5H2,(H,10,11). The van der Waals surface area contributed by atoms with Crippen molar-refractivity contribution in [1.82, 2.24) is 14.9 Å². The molecule has 2 unspecified atom stereocenters. The Hall–Kier alpha value is -0.870. The van der Waals surface area contributed by atoms with Crippen LogP contribution < -0.4 is 0 Å². The van der Waals surface area contributed by atoms with Crippen molar-refractivity contribution in [2.75, 3.05) is 13.2 Å². The fraction of sp³-hybridized carbons (Fsp3) is 0.667. The summed E-state index contributed by atoms with van der Waals surface area (Å²) in [5, 5.41) is 0. The van der Waals surface area contributed by atoms with Gasteiger partial charge in [-0.2, -0.15) is 0 Å². The molecule has 70 valence electrons. The number of likely N-dealkylation sites (tertiary alicyclic amines) is 1. The van der Waals surface area contributed by atoms with E-state index < -0.39 is 0 Å². The van der Waals surface area contributed by atoms with Gasteiger partial charge in [-0.05, 0) is 6.42 Å². The number of morpholine rings is 1. The Kier molecular flexibility index (Phi) is 1.63. The monoisotopic (exact) mass is 179 g/mol. The van der Waals surface area contributed by atoms with Crippen LogP contribution in [0.2, 0.25) is 0 Å². The van der Waals surface area contributed by atoms with Crippen LogP contribution >= 0.6 is 0 Å². The maximum absolute atomic E-state index is 5.53. The Labute approximate surface area is 76.9 Å². The van der Waals surface area contributed by atoms with Crippen molar-refractivity contribution in [3.8, 4) is 0 Å². The largest absolute Gasteiger partial charge is 0.375 e. The summed E-state index contributed by atoms with van der Waals surface area (Å²) in [4.78, 5) is 9.62. The van der Waals surface area contributed by atoms with Crippen LogP contribution in [-0.4, -0.2) is 40.2 Å². The molecule has 1 aromatic rings. The lowest BCUT2D eigenvalue weighted by Gasteiger charge is -2.25. The molecule has 0 radical (unpaired) electrons. The summed E-state index contributed by atoms with van der Waals surface area (Å²) in [7, 11) is 0. The number of H-pyrrole nitrogens is 1. The highest BCUT2D eigenvalue weighted by molar-refractivity contribution is 4.99. The van der Waals surface area contributed by atoms with Crippen LogP contribution in [0.25, 0.3) is 0 Å². The van der Waals surface area contributed by atoms with Crippen molar-refractivity contribution < 1.29 is 4.74 Å². The van der Waals surface area contributed by atoms with Crippen molar-refractivity contribution in [3.63, 3.8) is 0 Å². The quantitative estimate of drug-likeness (QED) is 0.713. The Morgan fingerprint density at radius 1 is 1.69 bits per heavy atom. The summed E-state index contributed by atoms with van der Waals surface area (Å²) >= 11 is 0. The van der Waals surface area contributed by atoms with Crippen molar-refractivity contribution >= 4 is 0 Å². The molecule has 1 N–H and O–H groups in total. The molecule has 13 heavy (non-hydrogen) atoms. The van der Waals surface area contributed by atoms with E-state index in [0.717, 1.165) is 19.7 Å². The summed E-state index contributed by atoms with van der Waals surface area (Å²) in [6.07, 6.45) is 5.34. The Morgan fingerprint density at radius 2 is 2.69 bits per heavy atom. The van der Waals surface area contributed by atoms with E-state index in [9.17, 15) is 0 Å². The third-order valence-electron chi connectivity index (χ3n) is 2.94. The van der Waals surface area contributed by atoms with Gasteiger partial charge in [0.1, 0.15) is 0 Å². The molecule has 0 aliphatic carbocycles. The van der Waals surface area contributed by atoms with Gasteiger partial charge in [0.05, 0.1) is 19.0 Å². The third-order valence-corrected chi connectivity index (χ3v) is 2.94. The number of hydrogen-bond acceptors (Lipinski definition) is 3. The molecule has 2 aliphatic rings. The zero-order valence-corrected chi connectivity index (χ0v) is 7.44. The number of hydrogen-bond donors (Lipinski definition) is 1. The zero-order chi connectivity index (χ0) is 8.67. The van der Waals surface area contributed by atoms with Crippen LogP contribution in [0.15, 0.2) is 12.5 Å². The van der Waals surface area contributed by atoms with Crippen LogP contribution in [0.5, 0.6) is 0 Å². The van der Waals surface area contributed by atoms with E-state index in [-0.39, 0.29) is 0 Å². The van der Waals surface area contributed by atoms with Crippen molar-refractivity contribution in [1.29, 1.82) is 0 Å². The molecule has 2 saturated heterocycles. The van der Waals surface area contributed by atoms with Crippen molar-refractivity contribution in [2.24, 2.45) is 0 Å². The van der Waals surface area contributed by atoms with Gasteiger partial charge in [-0.1, -0.05) is 0 Å². The Balaban J connectivity index is 1.68. The molecule has 1 aromatic heterocycles. The van der Waals surface area contributed by atoms with Gasteiger partial charge in [0.2, 0.25) is 0 Å². The van der Waals surface area contributed by atoms with Gasteiger partial charge < -0.3 is 9.72 Å². The summed E-state index contributed by atoms with van der Waals surface area (Å²) in [5.74, 6) is 0. The van der Waals surface area contributed by atoms with Crippen LogP contribution in [0, 0.1) is 0 Å². The predicted octanol–water partition coefficient (Wildman–Crippen LogP) is 0.383. The van der Waals surface area contributed by atoms with E-state index in [2.05, 4.69) is 14.9 Å². The lowest BCUT2D eigenvalue weighted by Crippen LogP contribution is -2.36. The second-order valence-corrected chi connectivity index (χ2v) is 3.85. The Morgan fingerprint density at radius 3 is 3.31 bits per heavy atom. The van der Waals surface area contributed by atoms with Gasteiger partial charge in [-0.25, -0.2) is 4.98 Å². The first kappa shape index (κ1) is 7.53. The van der Waals surface area contributed by atoms with Crippen molar-refractivity contribution in [2.45, 2.75) is 25.1 Å². The van der Waals surface area contributed by atoms with Gasteiger partial charge in [0.25, 0.3) is 0 Å². The number of nitrogens with zero attached hydrogens (tertiary/aromatic N) is 2. The van der Waals surface area contributed by atoms with E-state index in [1.807, 2.05) is 6.20 Å². The molecule has 4 nitrogen and oxygen atoms in total. The Bertz CT molecular complexity index is 285. The molecule has 2 aliphatic heterocycles. The normalized spacial score (nSPS) is 32.9. The number of rotatable bonds is 2. The fourth-order valence-corrected chi connectivity index (χ4v) is 2.26. The first-order valence-corrected chi connectivity index (χ1v) is 4.75. The van der Waals surface area contributed by atoms with E-state index in [1.54, 1.807) is 6.33 Å². The molecule has 0 amide bonds. The number of ether oxygens (including phenoxy) is 1. The molecular formula is C9H13N3O. The van der Waals surface area contributed by atoms with E-state index >= 15 is 0 Å². The molecule has 4 heteroatoms. The minimum Gasteiger partial charge on any atom is -0.375 e. The van der Waals surface area contributed by atoms with Crippen LogP contribution in [0.1, 0.15) is 12.1 Å². The lowest BCUT2D eigenvalue weighted by molar-refractivity contribution is 0.0269. The molecule has 0 saturated carbocycles. The number of aromatic amines is 1. The van der Waals surface area contributed by atoms with Crippen LogP contribution in [-0.2, 0) is 11.3 Å². The van der Waals surface area contributed by atoms with Crippen molar-refractivity contribution in [3.05, 3.63) is 18.2 Å². The van der Waals surface area contributed by atoms with Gasteiger partial charge in [-0.3, -0.25) is 4.90 Å². The first-order chi connectivity index (χ1) is 6.42. The minimum absolute atomic E-state index is 0.493. The highest BCUT2D eigenvalue weighted by Gasteiger charge is 2.38. The lowest BCUT2D eigenvalue weighted by atomic mass is 10.2. The van der Waals surface area contributed by atoms with Gasteiger partial charge in [0.15, 0.2) is 0 Å². The summed E-state index contributed by atoms with van der Waals surface area (Å²) in [6, 6.07) is 0.647. The molecule has 2 bridgehead atoms. The topological polar surface area (TPSA) is 41.2 Å².